The lowest BCUT2D eigenvalue weighted by atomic mass is 10.1. The molecule has 0 aliphatic carbocycles. The number of anilines is 1. The number of aromatic nitrogens is 3. The number of carbonyl (C=O) groups is 1. The second-order valence-corrected chi connectivity index (χ2v) is 9.26. The highest BCUT2D eigenvalue weighted by Crippen LogP contribution is 2.29. The molecule has 0 aliphatic heterocycles. The summed E-state index contributed by atoms with van der Waals surface area (Å²) in [5.74, 6) is 1.12. The van der Waals surface area contributed by atoms with Gasteiger partial charge in [0.05, 0.1) is 23.0 Å². The highest BCUT2D eigenvalue weighted by atomic mass is 32.2. The number of aryl methyl sites for hydroxylation is 1. The predicted molar refractivity (Wildman–Crippen MR) is 125 cm³/mol. The quantitative estimate of drug-likeness (QED) is 0.335. The topological polar surface area (TPSA) is 51.0 Å². The number of imidazole rings is 1. The summed E-state index contributed by atoms with van der Waals surface area (Å²) >= 11 is 3.38. The highest BCUT2D eigenvalue weighted by Gasteiger charge is 2.20. The van der Waals surface area contributed by atoms with Gasteiger partial charge in [-0.15, -0.1) is 11.8 Å². The number of amides is 1. The molecule has 0 saturated heterocycles. The monoisotopic (exact) mass is 436 g/mol. The van der Waals surface area contributed by atoms with E-state index in [-0.39, 0.29) is 5.91 Å². The molecule has 0 bridgehead atoms. The molecule has 0 aliphatic rings. The molecule has 2 aromatic carbocycles. The lowest BCUT2D eigenvalue weighted by Crippen LogP contribution is -2.33. The van der Waals surface area contributed by atoms with E-state index >= 15 is 0 Å². The van der Waals surface area contributed by atoms with Gasteiger partial charge in [0.15, 0.2) is 5.13 Å². The Hall–Kier alpha value is -2.64. The van der Waals surface area contributed by atoms with Gasteiger partial charge in [-0.05, 0) is 42.0 Å². The van der Waals surface area contributed by atoms with Crippen LogP contribution in [0.25, 0.3) is 10.2 Å². The third-order valence-corrected chi connectivity index (χ3v) is 6.72. The molecule has 7 heteroatoms. The Morgan fingerprint density at radius 2 is 2.00 bits per heavy atom. The van der Waals surface area contributed by atoms with Crippen molar-refractivity contribution in [3.8, 4) is 0 Å². The maximum absolute atomic E-state index is 13.3. The minimum Gasteiger partial charge on any atom is -0.337 e. The van der Waals surface area contributed by atoms with Gasteiger partial charge in [0, 0.05) is 30.4 Å². The van der Waals surface area contributed by atoms with Crippen LogP contribution in [0.4, 0.5) is 5.13 Å². The first-order valence-corrected chi connectivity index (χ1v) is 11.9. The van der Waals surface area contributed by atoms with Gasteiger partial charge in [0.25, 0.3) is 0 Å². The second-order valence-electron chi connectivity index (χ2n) is 6.92. The van der Waals surface area contributed by atoms with E-state index in [1.807, 2.05) is 45.6 Å². The molecule has 0 atom stereocenters. The summed E-state index contributed by atoms with van der Waals surface area (Å²) < 4.78 is 3.13. The van der Waals surface area contributed by atoms with Crippen molar-refractivity contribution in [2.45, 2.75) is 31.2 Å². The SMILES string of the molecule is CCSc1ccc(CC(=O)N(CCCn2ccnc2)c2nc3ccccc3s2)cc1. The fraction of sp³-hybridized carbons (Fsp3) is 0.261. The molecule has 154 valence electrons. The first-order chi connectivity index (χ1) is 14.7. The molecule has 0 fully saturated rings. The molecule has 0 radical (unpaired) electrons. The molecular weight excluding hydrogens is 412 g/mol. The van der Waals surface area contributed by atoms with Crippen LogP contribution in [0.15, 0.2) is 72.1 Å². The summed E-state index contributed by atoms with van der Waals surface area (Å²) in [6.45, 7) is 3.58. The fourth-order valence-electron chi connectivity index (χ4n) is 3.27. The lowest BCUT2D eigenvalue weighted by Gasteiger charge is -2.20. The number of hydrogen-bond donors (Lipinski definition) is 0. The van der Waals surface area contributed by atoms with Crippen molar-refractivity contribution in [2.24, 2.45) is 0 Å². The van der Waals surface area contributed by atoms with Gasteiger partial charge in [0.1, 0.15) is 0 Å². The summed E-state index contributed by atoms with van der Waals surface area (Å²) in [4.78, 5) is 25.2. The minimum absolute atomic E-state index is 0.0792. The van der Waals surface area contributed by atoms with Crippen LogP contribution in [0.3, 0.4) is 0 Å². The summed E-state index contributed by atoms with van der Waals surface area (Å²) in [5, 5.41) is 0.769. The molecule has 2 aromatic heterocycles. The third-order valence-electron chi connectivity index (χ3n) is 4.76. The van der Waals surface area contributed by atoms with Crippen molar-refractivity contribution in [1.29, 1.82) is 0 Å². The molecule has 30 heavy (non-hydrogen) atoms. The Bertz CT molecular complexity index is 1060. The summed E-state index contributed by atoms with van der Waals surface area (Å²) in [7, 11) is 0. The summed E-state index contributed by atoms with van der Waals surface area (Å²) in [5.41, 5.74) is 1.96. The number of benzene rings is 2. The Morgan fingerprint density at radius 3 is 2.73 bits per heavy atom. The number of nitrogens with zero attached hydrogens (tertiary/aromatic N) is 4. The number of carbonyl (C=O) groups excluding carboxylic acids is 1. The first kappa shape index (κ1) is 20.6. The van der Waals surface area contributed by atoms with Crippen molar-refractivity contribution in [2.75, 3.05) is 17.2 Å². The van der Waals surface area contributed by atoms with Crippen LogP contribution < -0.4 is 4.90 Å². The van der Waals surface area contributed by atoms with Gasteiger partial charge >= 0.3 is 0 Å². The zero-order chi connectivity index (χ0) is 20.8. The van der Waals surface area contributed by atoms with Gasteiger partial charge in [-0.3, -0.25) is 9.69 Å². The van der Waals surface area contributed by atoms with Crippen molar-refractivity contribution in [3.05, 3.63) is 72.8 Å². The molecule has 0 spiro atoms. The largest absolute Gasteiger partial charge is 0.337 e. The zero-order valence-corrected chi connectivity index (χ0v) is 18.5. The molecule has 4 aromatic rings. The number of para-hydroxylation sites is 1. The third kappa shape index (κ3) is 5.09. The van der Waals surface area contributed by atoms with Gasteiger partial charge in [-0.2, -0.15) is 0 Å². The Balaban J connectivity index is 1.51. The molecule has 0 unspecified atom stereocenters. The van der Waals surface area contributed by atoms with E-state index in [9.17, 15) is 4.79 Å². The second kappa shape index (κ2) is 9.91. The van der Waals surface area contributed by atoms with E-state index in [1.54, 1.807) is 23.9 Å². The number of thioether (sulfide) groups is 1. The first-order valence-electron chi connectivity index (χ1n) is 10.1. The van der Waals surface area contributed by atoms with Gasteiger partial charge in [-0.25, -0.2) is 9.97 Å². The van der Waals surface area contributed by atoms with E-state index in [4.69, 9.17) is 4.98 Å². The van der Waals surface area contributed by atoms with Crippen LogP contribution in [0.2, 0.25) is 0 Å². The smallest absolute Gasteiger partial charge is 0.233 e. The van der Waals surface area contributed by atoms with Crippen LogP contribution in [0, 0.1) is 0 Å². The van der Waals surface area contributed by atoms with Crippen LogP contribution in [0.5, 0.6) is 0 Å². The number of thiazole rings is 1. The van der Waals surface area contributed by atoms with Gasteiger partial charge in [-0.1, -0.05) is 42.5 Å². The highest BCUT2D eigenvalue weighted by molar-refractivity contribution is 7.99. The van der Waals surface area contributed by atoms with Crippen LogP contribution in [-0.2, 0) is 17.8 Å². The number of fused-ring (bicyclic) bond motifs is 1. The Labute approximate surface area is 184 Å². The maximum atomic E-state index is 13.3. The van der Waals surface area contributed by atoms with Crippen LogP contribution in [0.1, 0.15) is 18.9 Å². The summed E-state index contributed by atoms with van der Waals surface area (Å²) in [6, 6.07) is 16.3. The molecule has 1 amide bonds. The average Bonchev–Trinajstić information content (AvgIpc) is 3.42. The lowest BCUT2D eigenvalue weighted by molar-refractivity contribution is -0.118. The Morgan fingerprint density at radius 1 is 1.17 bits per heavy atom. The van der Waals surface area contributed by atoms with Crippen LogP contribution >= 0.6 is 23.1 Å². The van der Waals surface area contributed by atoms with Gasteiger partial charge < -0.3 is 4.57 Å². The minimum atomic E-state index is 0.0792. The molecule has 2 heterocycles. The standard InChI is InChI=1S/C23H24N4OS2/c1-2-29-19-10-8-18(9-11-19)16-22(28)27(14-5-13-26-15-12-24-17-26)23-25-20-6-3-4-7-21(20)30-23/h3-4,6-12,15,17H,2,5,13-14,16H2,1H3. The fourth-order valence-corrected chi connectivity index (χ4v) is 4.94. The van der Waals surface area contributed by atoms with Gasteiger partial charge in [0.2, 0.25) is 5.91 Å². The predicted octanol–water partition coefficient (Wildman–Crippen LogP) is 5.27. The van der Waals surface area contributed by atoms with Crippen molar-refractivity contribution in [3.63, 3.8) is 0 Å². The van der Waals surface area contributed by atoms with E-state index in [2.05, 4.69) is 42.2 Å². The molecular formula is C23H24N4OS2. The molecule has 4 rings (SSSR count). The molecule has 0 saturated carbocycles. The van der Waals surface area contributed by atoms with Crippen molar-refractivity contribution in [1.82, 2.24) is 14.5 Å². The molecule has 5 nitrogen and oxygen atoms in total. The Kier molecular flexibility index (Phi) is 6.81. The van der Waals surface area contributed by atoms with E-state index in [0.717, 1.165) is 39.6 Å². The molecule has 0 N–H and O–H groups in total. The van der Waals surface area contributed by atoms with E-state index in [0.29, 0.717) is 13.0 Å². The zero-order valence-electron chi connectivity index (χ0n) is 16.9. The average molecular weight is 437 g/mol. The van der Waals surface area contributed by atoms with Crippen molar-refractivity contribution >= 4 is 44.4 Å². The van der Waals surface area contributed by atoms with Crippen LogP contribution in [-0.4, -0.2) is 32.7 Å². The van der Waals surface area contributed by atoms with E-state index in [1.165, 1.54) is 4.90 Å². The normalized spacial score (nSPS) is 11.1. The summed E-state index contributed by atoms with van der Waals surface area (Å²) in [6.07, 6.45) is 6.73. The van der Waals surface area contributed by atoms with Crippen molar-refractivity contribution < 1.29 is 4.79 Å². The number of rotatable bonds is 9. The van der Waals surface area contributed by atoms with E-state index < -0.39 is 0 Å². The number of hydrogen-bond acceptors (Lipinski definition) is 5. The maximum Gasteiger partial charge on any atom is 0.233 e.